The Labute approximate surface area is 160 Å². The topological polar surface area (TPSA) is 78.5 Å². The monoisotopic (exact) mass is 371 g/mol. The van der Waals surface area contributed by atoms with Crippen molar-refractivity contribution in [2.75, 3.05) is 6.54 Å². The van der Waals surface area contributed by atoms with Crippen LogP contribution in [0.4, 0.5) is 4.79 Å². The number of rotatable bonds is 7. The van der Waals surface area contributed by atoms with Gasteiger partial charge in [-0.1, -0.05) is 50.5 Å². The summed E-state index contributed by atoms with van der Waals surface area (Å²) in [7, 11) is 0. The highest BCUT2D eigenvalue weighted by Crippen LogP contribution is 2.39. The van der Waals surface area contributed by atoms with Crippen molar-refractivity contribution in [3.63, 3.8) is 0 Å². The lowest BCUT2D eigenvalue weighted by atomic mass is 9.76. The van der Waals surface area contributed by atoms with Gasteiger partial charge in [0, 0.05) is 6.04 Å². The van der Waals surface area contributed by atoms with Crippen LogP contribution in [0.3, 0.4) is 0 Å². The van der Waals surface area contributed by atoms with E-state index < -0.39 is 11.6 Å². The van der Waals surface area contributed by atoms with E-state index in [4.69, 9.17) is 0 Å². The number of amides is 4. The van der Waals surface area contributed by atoms with Gasteiger partial charge in [0.2, 0.25) is 5.91 Å². The van der Waals surface area contributed by atoms with Crippen molar-refractivity contribution >= 4 is 17.8 Å². The van der Waals surface area contributed by atoms with Gasteiger partial charge in [-0.25, -0.2) is 4.79 Å². The van der Waals surface area contributed by atoms with Crippen LogP contribution in [0, 0.1) is 0 Å². The minimum Gasteiger partial charge on any atom is -0.352 e. The highest BCUT2D eigenvalue weighted by molar-refractivity contribution is 6.09. The van der Waals surface area contributed by atoms with E-state index in [0.717, 1.165) is 54.6 Å². The Kier molecular flexibility index (Phi) is 5.82. The van der Waals surface area contributed by atoms with Crippen LogP contribution in [0.1, 0.15) is 63.5 Å². The number of nitrogens with one attached hydrogen (secondary N) is 2. The lowest BCUT2D eigenvalue weighted by molar-refractivity contribution is -0.135. The van der Waals surface area contributed by atoms with E-state index in [1.807, 2.05) is 31.2 Å². The van der Waals surface area contributed by atoms with Crippen LogP contribution in [0.15, 0.2) is 24.3 Å². The van der Waals surface area contributed by atoms with Crippen LogP contribution in [-0.2, 0) is 21.5 Å². The van der Waals surface area contributed by atoms with Gasteiger partial charge < -0.3 is 10.6 Å². The van der Waals surface area contributed by atoms with Crippen molar-refractivity contribution in [2.24, 2.45) is 0 Å². The first-order valence-corrected chi connectivity index (χ1v) is 10.00. The molecule has 146 valence electrons. The summed E-state index contributed by atoms with van der Waals surface area (Å²) < 4.78 is 0. The van der Waals surface area contributed by atoms with Crippen LogP contribution in [0.2, 0.25) is 0 Å². The number of hydrogen-bond acceptors (Lipinski definition) is 3. The zero-order valence-electron chi connectivity index (χ0n) is 16.2. The number of hydrogen-bond donors (Lipinski definition) is 2. The minimum absolute atomic E-state index is 0.0363. The number of fused-ring (bicyclic) bond motifs is 2. The van der Waals surface area contributed by atoms with Crippen molar-refractivity contribution in [3.8, 4) is 0 Å². The molecule has 3 rings (SSSR count). The summed E-state index contributed by atoms with van der Waals surface area (Å²) in [5, 5.41) is 5.79. The number of carbonyl (C=O) groups excluding carboxylic acids is 3. The zero-order chi connectivity index (χ0) is 19.4. The molecule has 2 aliphatic rings. The summed E-state index contributed by atoms with van der Waals surface area (Å²) in [4.78, 5) is 39.1. The Morgan fingerprint density at radius 2 is 2.07 bits per heavy atom. The molecule has 0 bridgehead atoms. The molecule has 2 unspecified atom stereocenters. The first-order chi connectivity index (χ1) is 13.0. The Morgan fingerprint density at radius 3 is 2.85 bits per heavy atom. The molecular formula is C21H29N3O3. The molecule has 2 atom stereocenters. The van der Waals surface area contributed by atoms with Crippen molar-refractivity contribution < 1.29 is 14.4 Å². The van der Waals surface area contributed by atoms with E-state index in [0.29, 0.717) is 6.42 Å². The highest BCUT2D eigenvalue weighted by atomic mass is 16.2. The molecule has 0 aromatic heterocycles. The van der Waals surface area contributed by atoms with Crippen molar-refractivity contribution in [3.05, 3.63) is 35.4 Å². The summed E-state index contributed by atoms with van der Waals surface area (Å²) in [6.07, 6.45) is 6.52. The molecule has 0 radical (unpaired) electrons. The third kappa shape index (κ3) is 3.84. The summed E-state index contributed by atoms with van der Waals surface area (Å²) >= 11 is 0. The molecule has 1 saturated heterocycles. The second-order valence-corrected chi connectivity index (χ2v) is 7.70. The fraction of sp³-hybridized carbons (Fsp3) is 0.571. The first kappa shape index (κ1) is 19.4. The molecule has 6 heteroatoms. The molecule has 1 heterocycles. The molecule has 6 nitrogen and oxygen atoms in total. The number of unbranched alkanes of at least 4 members (excludes halogenated alkanes) is 2. The van der Waals surface area contributed by atoms with Gasteiger partial charge in [0.05, 0.1) is 0 Å². The fourth-order valence-corrected chi connectivity index (χ4v) is 4.19. The average Bonchev–Trinajstić information content (AvgIpc) is 2.87. The smallest absolute Gasteiger partial charge is 0.325 e. The minimum atomic E-state index is -1.01. The molecule has 0 saturated carbocycles. The molecular weight excluding hydrogens is 342 g/mol. The van der Waals surface area contributed by atoms with E-state index in [-0.39, 0.29) is 24.4 Å². The van der Waals surface area contributed by atoms with E-state index in [1.54, 1.807) is 0 Å². The van der Waals surface area contributed by atoms with Crippen molar-refractivity contribution in [1.29, 1.82) is 0 Å². The van der Waals surface area contributed by atoms with E-state index in [2.05, 4.69) is 17.6 Å². The van der Waals surface area contributed by atoms with Gasteiger partial charge in [-0.05, 0) is 43.7 Å². The number of urea groups is 1. The zero-order valence-corrected chi connectivity index (χ0v) is 16.2. The van der Waals surface area contributed by atoms with Gasteiger partial charge in [-0.3, -0.25) is 14.5 Å². The Bertz CT molecular complexity index is 733. The van der Waals surface area contributed by atoms with E-state index in [1.165, 1.54) is 0 Å². The van der Waals surface area contributed by atoms with Gasteiger partial charge in [0.15, 0.2) is 0 Å². The number of carbonyl (C=O) groups is 3. The van der Waals surface area contributed by atoms with Crippen LogP contribution < -0.4 is 10.6 Å². The molecule has 1 spiro atoms. The van der Waals surface area contributed by atoms with Crippen LogP contribution >= 0.6 is 0 Å². The third-order valence-corrected chi connectivity index (χ3v) is 5.60. The van der Waals surface area contributed by atoms with E-state index >= 15 is 0 Å². The molecule has 1 aromatic carbocycles. The molecule has 2 N–H and O–H groups in total. The summed E-state index contributed by atoms with van der Waals surface area (Å²) in [5.41, 5.74) is 0.942. The molecule has 1 fully saturated rings. The quantitative estimate of drug-likeness (QED) is 0.571. The van der Waals surface area contributed by atoms with Gasteiger partial charge >= 0.3 is 6.03 Å². The van der Waals surface area contributed by atoms with Gasteiger partial charge in [0.1, 0.15) is 12.1 Å². The SMILES string of the molecule is CCCCCC(C)NC(=O)CN1C(=O)NC2(CCCc3ccccc32)C1=O. The Hall–Kier alpha value is -2.37. The normalized spacial score (nSPS) is 22.5. The van der Waals surface area contributed by atoms with E-state index in [9.17, 15) is 14.4 Å². The second-order valence-electron chi connectivity index (χ2n) is 7.70. The lowest BCUT2D eigenvalue weighted by Crippen LogP contribution is -2.47. The van der Waals surface area contributed by atoms with Crippen LogP contribution in [0.5, 0.6) is 0 Å². The maximum Gasteiger partial charge on any atom is 0.325 e. The summed E-state index contributed by atoms with van der Waals surface area (Å²) in [6, 6.07) is 7.30. The first-order valence-electron chi connectivity index (χ1n) is 10.00. The molecule has 1 aromatic rings. The molecule has 1 aliphatic heterocycles. The Morgan fingerprint density at radius 1 is 1.30 bits per heavy atom. The summed E-state index contributed by atoms with van der Waals surface area (Å²) in [5.74, 6) is -0.600. The van der Waals surface area contributed by atoms with Gasteiger partial charge in [0.25, 0.3) is 5.91 Å². The molecule has 27 heavy (non-hydrogen) atoms. The summed E-state index contributed by atoms with van der Waals surface area (Å²) in [6.45, 7) is 3.87. The maximum atomic E-state index is 13.2. The molecule has 4 amide bonds. The number of nitrogens with zero attached hydrogens (tertiary/aromatic N) is 1. The van der Waals surface area contributed by atoms with Crippen LogP contribution in [0.25, 0.3) is 0 Å². The van der Waals surface area contributed by atoms with Gasteiger partial charge in [-0.15, -0.1) is 0 Å². The second kappa shape index (κ2) is 8.11. The van der Waals surface area contributed by atoms with Gasteiger partial charge in [-0.2, -0.15) is 0 Å². The van der Waals surface area contributed by atoms with Crippen LogP contribution in [-0.4, -0.2) is 35.3 Å². The average molecular weight is 371 g/mol. The number of benzene rings is 1. The maximum absolute atomic E-state index is 13.2. The number of aryl methyl sites for hydroxylation is 1. The highest BCUT2D eigenvalue weighted by Gasteiger charge is 2.54. The van der Waals surface area contributed by atoms with Crippen molar-refractivity contribution in [2.45, 2.75) is 70.4 Å². The third-order valence-electron chi connectivity index (χ3n) is 5.60. The fourth-order valence-electron chi connectivity index (χ4n) is 4.19. The van der Waals surface area contributed by atoms with Crippen molar-refractivity contribution in [1.82, 2.24) is 15.5 Å². The predicted octanol–water partition coefficient (Wildman–Crippen LogP) is 2.86. The Balaban J connectivity index is 1.68. The largest absolute Gasteiger partial charge is 0.352 e. The molecule has 1 aliphatic carbocycles. The standard InChI is InChI=1S/C21H29N3O3/c1-3-4-5-9-15(2)22-18(25)14-24-19(26)21(23-20(24)27)13-8-11-16-10-6-7-12-17(16)21/h6-7,10,12,15H,3-5,8-9,11,13-14H2,1-2H3,(H,22,25)(H,23,27). The number of imide groups is 1. The lowest BCUT2D eigenvalue weighted by Gasteiger charge is -2.33. The predicted molar refractivity (Wildman–Crippen MR) is 103 cm³/mol.